The van der Waals surface area contributed by atoms with Crippen molar-refractivity contribution in [2.45, 2.75) is 20.4 Å². The Morgan fingerprint density at radius 3 is 2.67 bits per heavy atom. The number of hydrogen-bond donors (Lipinski definition) is 1. The summed E-state index contributed by atoms with van der Waals surface area (Å²) in [4.78, 5) is 0. The van der Waals surface area contributed by atoms with Crippen molar-refractivity contribution in [3.8, 4) is 11.5 Å². The van der Waals surface area contributed by atoms with Crippen molar-refractivity contribution in [3.05, 3.63) is 56.6 Å². The van der Waals surface area contributed by atoms with Gasteiger partial charge in [-0.15, -0.1) is 0 Å². The molecule has 0 fully saturated rings. The van der Waals surface area contributed by atoms with Crippen LogP contribution in [0.4, 0.5) is 0 Å². The first-order valence-corrected chi connectivity index (χ1v) is 8.43. The molecule has 2 aromatic rings. The SMILES string of the molecule is CC(C)CNCc1ccc(Oc2cccc(I)c2)c(Cl)c1. The van der Waals surface area contributed by atoms with Gasteiger partial charge in [-0.05, 0) is 70.9 Å². The summed E-state index contributed by atoms with van der Waals surface area (Å²) in [5, 5.41) is 4.04. The number of hydrogen-bond acceptors (Lipinski definition) is 2. The number of halogens is 2. The van der Waals surface area contributed by atoms with Gasteiger partial charge in [0.25, 0.3) is 0 Å². The van der Waals surface area contributed by atoms with Gasteiger partial charge < -0.3 is 10.1 Å². The van der Waals surface area contributed by atoms with E-state index in [0.717, 1.165) is 28.0 Å². The molecule has 0 aromatic heterocycles. The Kier molecular flexibility index (Phi) is 6.33. The highest BCUT2D eigenvalue weighted by Crippen LogP contribution is 2.30. The first-order valence-electron chi connectivity index (χ1n) is 6.97. The fourth-order valence-corrected chi connectivity index (χ4v) is 2.66. The van der Waals surface area contributed by atoms with E-state index in [1.807, 2.05) is 42.5 Å². The van der Waals surface area contributed by atoms with Crippen molar-refractivity contribution < 1.29 is 4.74 Å². The lowest BCUT2D eigenvalue weighted by Gasteiger charge is -2.11. The minimum Gasteiger partial charge on any atom is -0.456 e. The van der Waals surface area contributed by atoms with Gasteiger partial charge in [0.05, 0.1) is 5.02 Å². The van der Waals surface area contributed by atoms with Gasteiger partial charge in [-0.3, -0.25) is 0 Å². The van der Waals surface area contributed by atoms with E-state index in [9.17, 15) is 0 Å². The molecule has 0 amide bonds. The molecule has 0 aliphatic rings. The zero-order valence-electron chi connectivity index (χ0n) is 12.2. The molecule has 0 heterocycles. The molecule has 0 unspecified atom stereocenters. The van der Waals surface area contributed by atoms with E-state index in [1.54, 1.807) is 0 Å². The number of benzene rings is 2. The van der Waals surface area contributed by atoms with Gasteiger partial charge in [0.1, 0.15) is 11.5 Å². The van der Waals surface area contributed by atoms with Crippen molar-refractivity contribution in [1.29, 1.82) is 0 Å². The first kappa shape index (κ1) is 16.6. The molecule has 4 heteroatoms. The molecular weight excluding hydrogens is 397 g/mol. The maximum atomic E-state index is 6.31. The summed E-state index contributed by atoms with van der Waals surface area (Å²) in [5.74, 6) is 2.13. The number of rotatable bonds is 6. The predicted molar refractivity (Wildman–Crippen MR) is 97.2 cm³/mol. The molecule has 2 rings (SSSR count). The first-order chi connectivity index (χ1) is 10.0. The van der Waals surface area contributed by atoms with Gasteiger partial charge in [-0.2, -0.15) is 0 Å². The highest BCUT2D eigenvalue weighted by Gasteiger charge is 2.05. The molecule has 0 saturated carbocycles. The Bertz CT molecular complexity index is 601. The van der Waals surface area contributed by atoms with Gasteiger partial charge in [0, 0.05) is 10.1 Å². The van der Waals surface area contributed by atoms with Crippen LogP contribution in [0.2, 0.25) is 5.02 Å². The van der Waals surface area contributed by atoms with Crippen LogP contribution in [0, 0.1) is 9.49 Å². The second kappa shape index (κ2) is 8.01. The smallest absolute Gasteiger partial charge is 0.146 e. The summed E-state index contributed by atoms with van der Waals surface area (Å²) in [6.07, 6.45) is 0. The van der Waals surface area contributed by atoms with E-state index in [1.165, 1.54) is 0 Å². The van der Waals surface area contributed by atoms with E-state index in [-0.39, 0.29) is 0 Å². The second-order valence-electron chi connectivity index (χ2n) is 5.35. The van der Waals surface area contributed by atoms with Crippen LogP contribution >= 0.6 is 34.2 Å². The Hall–Kier alpha value is -0.780. The zero-order chi connectivity index (χ0) is 15.2. The van der Waals surface area contributed by atoms with Gasteiger partial charge in [-0.1, -0.05) is 37.6 Å². The van der Waals surface area contributed by atoms with E-state index in [2.05, 4.69) is 41.8 Å². The van der Waals surface area contributed by atoms with Crippen LogP contribution in [0.15, 0.2) is 42.5 Å². The molecular formula is C17H19ClINO. The van der Waals surface area contributed by atoms with Crippen molar-refractivity contribution >= 4 is 34.2 Å². The van der Waals surface area contributed by atoms with Crippen molar-refractivity contribution in [2.24, 2.45) is 5.92 Å². The van der Waals surface area contributed by atoms with Crippen molar-refractivity contribution in [2.75, 3.05) is 6.54 Å². The van der Waals surface area contributed by atoms with Crippen LogP contribution in [0.3, 0.4) is 0 Å². The third kappa shape index (κ3) is 5.49. The summed E-state index contributed by atoms with van der Waals surface area (Å²) in [6.45, 7) is 6.20. The highest BCUT2D eigenvalue weighted by atomic mass is 127. The number of ether oxygens (including phenoxy) is 1. The molecule has 0 bridgehead atoms. The van der Waals surface area contributed by atoms with Gasteiger partial charge in [-0.25, -0.2) is 0 Å². The van der Waals surface area contributed by atoms with E-state index >= 15 is 0 Å². The van der Waals surface area contributed by atoms with E-state index < -0.39 is 0 Å². The van der Waals surface area contributed by atoms with Crippen LogP contribution in [-0.4, -0.2) is 6.54 Å². The molecule has 1 N–H and O–H groups in total. The lowest BCUT2D eigenvalue weighted by Crippen LogP contribution is -2.18. The van der Waals surface area contributed by atoms with Crippen LogP contribution in [-0.2, 0) is 6.54 Å². The molecule has 0 aliphatic heterocycles. The van der Waals surface area contributed by atoms with Crippen molar-refractivity contribution in [1.82, 2.24) is 5.32 Å². The van der Waals surface area contributed by atoms with Crippen LogP contribution in [0.25, 0.3) is 0 Å². The average Bonchev–Trinajstić information content (AvgIpc) is 2.41. The molecule has 0 saturated heterocycles. The second-order valence-corrected chi connectivity index (χ2v) is 7.00. The predicted octanol–water partition coefficient (Wildman–Crippen LogP) is 5.48. The van der Waals surface area contributed by atoms with E-state index in [0.29, 0.717) is 16.7 Å². The largest absolute Gasteiger partial charge is 0.456 e. The topological polar surface area (TPSA) is 21.3 Å². The minimum absolute atomic E-state index is 0.637. The normalized spacial score (nSPS) is 10.9. The van der Waals surface area contributed by atoms with Crippen LogP contribution < -0.4 is 10.1 Å². The molecule has 2 aromatic carbocycles. The average molecular weight is 416 g/mol. The molecule has 0 atom stereocenters. The fourth-order valence-electron chi connectivity index (χ4n) is 1.90. The standard InChI is InChI=1S/C17H19ClINO/c1-12(2)10-20-11-13-6-7-17(16(18)8-13)21-15-5-3-4-14(19)9-15/h3-9,12,20H,10-11H2,1-2H3. The van der Waals surface area contributed by atoms with E-state index in [4.69, 9.17) is 16.3 Å². The van der Waals surface area contributed by atoms with Gasteiger partial charge in [0.15, 0.2) is 0 Å². The Morgan fingerprint density at radius 1 is 1.19 bits per heavy atom. The molecule has 2 nitrogen and oxygen atoms in total. The molecule has 0 radical (unpaired) electrons. The van der Waals surface area contributed by atoms with Crippen LogP contribution in [0.5, 0.6) is 11.5 Å². The number of nitrogens with one attached hydrogen (secondary N) is 1. The molecule has 0 spiro atoms. The fraction of sp³-hybridized carbons (Fsp3) is 0.294. The Morgan fingerprint density at radius 2 is 2.00 bits per heavy atom. The maximum Gasteiger partial charge on any atom is 0.146 e. The molecule has 112 valence electrons. The third-order valence-electron chi connectivity index (χ3n) is 2.90. The summed E-state index contributed by atoms with van der Waals surface area (Å²) in [5.41, 5.74) is 1.16. The molecule has 21 heavy (non-hydrogen) atoms. The minimum atomic E-state index is 0.637. The van der Waals surface area contributed by atoms with Crippen LogP contribution in [0.1, 0.15) is 19.4 Å². The Balaban J connectivity index is 2.02. The lowest BCUT2D eigenvalue weighted by atomic mass is 10.2. The summed E-state index contributed by atoms with van der Waals surface area (Å²) in [6, 6.07) is 13.8. The third-order valence-corrected chi connectivity index (χ3v) is 3.87. The van der Waals surface area contributed by atoms with Gasteiger partial charge in [0.2, 0.25) is 0 Å². The van der Waals surface area contributed by atoms with Crippen molar-refractivity contribution in [3.63, 3.8) is 0 Å². The van der Waals surface area contributed by atoms with Gasteiger partial charge >= 0.3 is 0 Å². The zero-order valence-corrected chi connectivity index (χ0v) is 15.1. The highest BCUT2D eigenvalue weighted by molar-refractivity contribution is 14.1. The molecule has 0 aliphatic carbocycles. The summed E-state index contributed by atoms with van der Waals surface area (Å²) >= 11 is 8.57. The monoisotopic (exact) mass is 415 g/mol. The Labute approximate surface area is 145 Å². The summed E-state index contributed by atoms with van der Waals surface area (Å²) < 4.78 is 6.97. The lowest BCUT2D eigenvalue weighted by molar-refractivity contribution is 0.482. The quantitative estimate of drug-likeness (QED) is 0.631. The summed E-state index contributed by atoms with van der Waals surface area (Å²) in [7, 11) is 0. The maximum absolute atomic E-state index is 6.31.